The second-order valence-corrected chi connectivity index (χ2v) is 6.74. The van der Waals surface area contributed by atoms with E-state index in [4.69, 9.17) is 0 Å². The number of rotatable bonds is 6. The van der Waals surface area contributed by atoms with Crippen LogP contribution in [0.4, 0.5) is 0 Å². The van der Waals surface area contributed by atoms with Crippen molar-refractivity contribution < 1.29 is 4.79 Å². The van der Waals surface area contributed by atoms with E-state index >= 15 is 0 Å². The van der Waals surface area contributed by atoms with Crippen LogP contribution in [0.1, 0.15) is 33.5 Å². The molecule has 1 heterocycles. The molecule has 25 heavy (non-hydrogen) atoms. The fraction of sp³-hybridized carbons (Fsp3) is 0.389. The van der Waals surface area contributed by atoms with E-state index < -0.39 is 0 Å². The Morgan fingerprint density at radius 3 is 2.80 bits per heavy atom. The van der Waals surface area contributed by atoms with E-state index in [-0.39, 0.29) is 5.91 Å². The lowest BCUT2D eigenvalue weighted by molar-refractivity contribution is 0.0955. The van der Waals surface area contributed by atoms with Gasteiger partial charge in [-0.05, 0) is 31.5 Å². The molecule has 0 fully saturated rings. The van der Waals surface area contributed by atoms with Crippen LogP contribution in [0.15, 0.2) is 34.6 Å². The highest BCUT2D eigenvalue weighted by Gasteiger charge is 2.09. The predicted octanol–water partition coefficient (Wildman–Crippen LogP) is 2.41. The largest absolute Gasteiger partial charge is 0.352 e. The standard InChI is InChI=1S/C18H25N5OS/c1-5-20-17(24)15-8-6-7-14(9-15)10-21-18(19-3)23(4)11-16-12-25-13(2)22-16/h6-9,12H,5,10-11H2,1-4H3,(H,19,21)(H,20,24). The molecule has 7 heteroatoms. The molecule has 0 unspecified atom stereocenters. The number of thiazole rings is 1. The summed E-state index contributed by atoms with van der Waals surface area (Å²) < 4.78 is 0. The van der Waals surface area contributed by atoms with Crippen LogP contribution in [0.2, 0.25) is 0 Å². The molecule has 0 saturated carbocycles. The van der Waals surface area contributed by atoms with Gasteiger partial charge in [0.1, 0.15) is 0 Å². The number of aryl methyl sites for hydroxylation is 1. The Hall–Kier alpha value is -2.41. The number of nitrogens with one attached hydrogen (secondary N) is 2. The molecular weight excluding hydrogens is 334 g/mol. The summed E-state index contributed by atoms with van der Waals surface area (Å²) >= 11 is 1.65. The first-order valence-corrected chi connectivity index (χ1v) is 9.11. The third kappa shape index (κ3) is 5.56. The Balaban J connectivity index is 1.96. The fourth-order valence-electron chi connectivity index (χ4n) is 2.45. The van der Waals surface area contributed by atoms with Crippen molar-refractivity contribution >= 4 is 23.2 Å². The molecule has 1 aromatic heterocycles. The average molecular weight is 359 g/mol. The first-order valence-electron chi connectivity index (χ1n) is 8.23. The second-order valence-electron chi connectivity index (χ2n) is 5.67. The molecule has 0 aliphatic rings. The van der Waals surface area contributed by atoms with Crippen molar-refractivity contribution in [3.8, 4) is 0 Å². The Labute approximate surface area is 153 Å². The van der Waals surface area contributed by atoms with Gasteiger partial charge < -0.3 is 15.5 Å². The molecule has 0 aliphatic carbocycles. The SMILES string of the molecule is CCNC(=O)c1cccc(CNC(=NC)N(C)Cc2csc(C)n2)c1. The molecule has 0 spiro atoms. The summed E-state index contributed by atoms with van der Waals surface area (Å²) in [5, 5.41) is 9.27. The highest BCUT2D eigenvalue weighted by atomic mass is 32.1. The molecule has 0 aliphatic heterocycles. The first kappa shape index (κ1) is 18.9. The van der Waals surface area contributed by atoms with Crippen LogP contribution in [0.5, 0.6) is 0 Å². The molecule has 2 aromatic rings. The summed E-state index contributed by atoms with van der Waals surface area (Å²) in [6.07, 6.45) is 0. The zero-order valence-corrected chi connectivity index (χ0v) is 16.0. The number of hydrogen-bond donors (Lipinski definition) is 2. The molecule has 2 N–H and O–H groups in total. The molecule has 0 radical (unpaired) electrons. The van der Waals surface area contributed by atoms with Crippen LogP contribution in [0.3, 0.4) is 0 Å². The molecule has 1 amide bonds. The molecular formula is C18H25N5OS. The lowest BCUT2D eigenvalue weighted by Gasteiger charge is -2.21. The van der Waals surface area contributed by atoms with Crippen LogP contribution < -0.4 is 10.6 Å². The molecule has 0 saturated heterocycles. The molecule has 1 aromatic carbocycles. The van der Waals surface area contributed by atoms with E-state index in [1.54, 1.807) is 18.4 Å². The van der Waals surface area contributed by atoms with Gasteiger partial charge in [-0.15, -0.1) is 11.3 Å². The number of aromatic nitrogens is 1. The topological polar surface area (TPSA) is 69.6 Å². The third-order valence-electron chi connectivity index (χ3n) is 3.62. The van der Waals surface area contributed by atoms with Gasteiger partial charge in [0, 0.05) is 38.1 Å². The van der Waals surface area contributed by atoms with E-state index in [0.29, 0.717) is 25.2 Å². The van der Waals surface area contributed by atoms with Crippen LogP contribution in [0, 0.1) is 6.92 Å². The zero-order chi connectivity index (χ0) is 18.2. The van der Waals surface area contributed by atoms with Crippen molar-refractivity contribution in [1.82, 2.24) is 20.5 Å². The summed E-state index contributed by atoms with van der Waals surface area (Å²) in [5.41, 5.74) is 2.73. The molecule has 134 valence electrons. The lowest BCUT2D eigenvalue weighted by Crippen LogP contribution is -2.38. The minimum Gasteiger partial charge on any atom is -0.352 e. The number of hydrogen-bond acceptors (Lipinski definition) is 4. The van der Waals surface area contributed by atoms with Gasteiger partial charge in [0.2, 0.25) is 0 Å². The van der Waals surface area contributed by atoms with E-state index in [1.165, 1.54) is 0 Å². The second kappa shape index (κ2) is 9.17. The summed E-state index contributed by atoms with van der Waals surface area (Å²) in [6.45, 7) is 5.83. The number of guanidine groups is 1. The summed E-state index contributed by atoms with van der Waals surface area (Å²) in [4.78, 5) is 22.8. The highest BCUT2D eigenvalue weighted by molar-refractivity contribution is 7.09. The van der Waals surface area contributed by atoms with Gasteiger partial charge in [0.05, 0.1) is 17.2 Å². The number of benzene rings is 1. The fourth-order valence-corrected chi connectivity index (χ4v) is 3.05. The smallest absolute Gasteiger partial charge is 0.251 e. The lowest BCUT2D eigenvalue weighted by atomic mass is 10.1. The van der Waals surface area contributed by atoms with Gasteiger partial charge in [-0.3, -0.25) is 9.79 Å². The average Bonchev–Trinajstić information content (AvgIpc) is 3.00. The minimum atomic E-state index is -0.0512. The van der Waals surface area contributed by atoms with Crippen LogP contribution >= 0.6 is 11.3 Å². The molecule has 0 atom stereocenters. The van der Waals surface area contributed by atoms with Crippen LogP contribution in [-0.4, -0.2) is 42.4 Å². The van der Waals surface area contributed by atoms with Gasteiger partial charge in [-0.25, -0.2) is 4.98 Å². The predicted molar refractivity (Wildman–Crippen MR) is 103 cm³/mol. The number of carbonyl (C=O) groups is 1. The highest BCUT2D eigenvalue weighted by Crippen LogP contribution is 2.10. The van der Waals surface area contributed by atoms with Crippen molar-refractivity contribution in [2.75, 3.05) is 20.6 Å². The number of nitrogens with zero attached hydrogens (tertiary/aromatic N) is 3. The number of aliphatic imine (C=N–C) groups is 1. The number of carbonyl (C=O) groups excluding carboxylic acids is 1. The van der Waals surface area contributed by atoms with Crippen molar-refractivity contribution in [1.29, 1.82) is 0 Å². The van der Waals surface area contributed by atoms with Gasteiger partial charge in [0.15, 0.2) is 5.96 Å². The van der Waals surface area contributed by atoms with Gasteiger partial charge in [0.25, 0.3) is 5.91 Å². The van der Waals surface area contributed by atoms with E-state index in [0.717, 1.165) is 22.2 Å². The molecule has 2 rings (SSSR count). The van der Waals surface area contributed by atoms with Gasteiger partial charge in [-0.1, -0.05) is 12.1 Å². The zero-order valence-electron chi connectivity index (χ0n) is 15.2. The number of amides is 1. The minimum absolute atomic E-state index is 0.0512. The Kier molecular flexibility index (Phi) is 6.94. The maximum atomic E-state index is 11.9. The maximum absolute atomic E-state index is 11.9. The van der Waals surface area contributed by atoms with Gasteiger partial charge in [-0.2, -0.15) is 0 Å². The summed E-state index contributed by atoms with van der Waals surface area (Å²) in [5.74, 6) is 0.735. The van der Waals surface area contributed by atoms with Gasteiger partial charge >= 0.3 is 0 Å². The molecule has 0 bridgehead atoms. The normalized spacial score (nSPS) is 11.3. The van der Waals surface area contributed by atoms with Crippen molar-refractivity contribution in [3.63, 3.8) is 0 Å². The van der Waals surface area contributed by atoms with E-state index in [1.807, 2.05) is 50.1 Å². The van der Waals surface area contributed by atoms with Crippen LogP contribution in [-0.2, 0) is 13.1 Å². The Morgan fingerprint density at radius 1 is 1.36 bits per heavy atom. The third-order valence-corrected chi connectivity index (χ3v) is 4.44. The van der Waals surface area contributed by atoms with Crippen molar-refractivity contribution in [2.24, 2.45) is 4.99 Å². The maximum Gasteiger partial charge on any atom is 0.251 e. The van der Waals surface area contributed by atoms with Crippen molar-refractivity contribution in [2.45, 2.75) is 26.9 Å². The monoisotopic (exact) mass is 359 g/mol. The quantitative estimate of drug-likeness (QED) is 0.614. The van der Waals surface area contributed by atoms with E-state index in [9.17, 15) is 4.79 Å². The Morgan fingerprint density at radius 2 is 2.16 bits per heavy atom. The summed E-state index contributed by atoms with van der Waals surface area (Å²) in [6, 6.07) is 7.61. The van der Waals surface area contributed by atoms with Crippen molar-refractivity contribution in [3.05, 3.63) is 51.5 Å². The van der Waals surface area contributed by atoms with Crippen LogP contribution in [0.25, 0.3) is 0 Å². The Bertz CT molecular complexity index is 741. The molecule has 6 nitrogen and oxygen atoms in total. The first-order chi connectivity index (χ1) is 12.0. The summed E-state index contributed by atoms with van der Waals surface area (Å²) in [7, 11) is 3.74. The van der Waals surface area contributed by atoms with E-state index in [2.05, 4.69) is 26.0 Å².